The van der Waals surface area contributed by atoms with E-state index in [9.17, 15) is 18.4 Å². The summed E-state index contributed by atoms with van der Waals surface area (Å²) < 4.78 is 28.4. The Morgan fingerprint density at radius 2 is 1.83 bits per heavy atom. The predicted molar refractivity (Wildman–Crippen MR) is 111 cm³/mol. The number of nitrogens with zero attached hydrogens (tertiary/aromatic N) is 2. The quantitative estimate of drug-likeness (QED) is 0.599. The summed E-state index contributed by atoms with van der Waals surface area (Å²) in [5.41, 5.74) is 1.19. The molecular formula is C21H18BrF2N3O2. The van der Waals surface area contributed by atoms with Crippen molar-refractivity contribution in [3.63, 3.8) is 0 Å². The maximum Gasteiger partial charge on any atom is 0.255 e. The number of aryl methyl sites for hydroxylation is 1. The molecule has 150 valence electrons. The fourth-order valence-electron chi connectivity index (χ4n) is 2.98. The Balaban J connectivity index is 1.86. The van der Waals surface area contributed by atoms with Gasteiger partial charge in [-0.25, -0.2) is 8.78 Å². The van der Waals surface area contributed by atoms with E-state index in [0.29, 0.717) is 22.2 Å². The molecule has 0 aliphatic rings. The first-order chi connectivity index (χ1) is 13.8. The number of benzene rings is 2. The highest BCUT2D eigenvalue weighted by Crippen LogP contribution is 2.24. The second-order valence-corrected chi connectivity index (χ2v) is 7.35. The first kappa shape index (κ1) is 20.9. The lowest BCUT2D eigenvalue weighted by atomic mass is 10.1. The third kappa shape index (κ3) is 4.59. The van der Waals surface area contributed by atoms with Gasteiger partial charge in [0.25, 0.3) is 5.91 Å². The summed E-state index contributed by atoms with van der Waals surface area (Å²) in [6, 6.07) is 10.4. The molecule has 0 unspecified atom stereocenters. The number of carbonyl (C=O) groups excluding carboxylic acids is 2. The van der Waals surface area contributed by atoms with Gasteiger partial charge < -0.3 is 10.2 Å². The summed E-state index contributed by atoms with van der Waals surface area (Å²) in [5, 5.41) is 2.86. The van der Waals surface area contributed by atoms with Crippen molar-refractivity contribution in [1.29, 1.82) is 0 Å². The van der Waals surface area contributed by atoms with Gasteiger partial charge in [0.1, 0.15) is 23.9 Å². The molecule has 0 bridgehead atoms. The maximum absolute atomic E-state index is 13.8. The number of nitrogens with one attached hydrogen (secondary N) is 1. The van der Waals surface area contributed by atoms with E-state index in [1.807, 2.05) is 6.07 Å². The van der Waals surface area contributed by atoms with Crippen LogP contribution in [-0.4, -0.2) is 34.8 Å². The zero-order chi connectivity index (χ0) is 21.1. The summed E-state index contributed by atoms with van der Waals surface area (Å²) in [6.45, 7) is 3.40. The number of fused-ring (bicyclic) bond motifs is 1. The Labute approximate surface area is 174 Å². The van der Waals surface area contributed by atoms with Crippen LogP contribution in [0.1, 0.15) is 23.0 Å². The summed E-state index contributed by atoms with van der Waals surface area (Å²) in [4.78, 5) is 31.2. The fraction of sp³-hybridized carbons (Fsp3) is 0.190. The molecule has 2 amide bonds. The van der Waals surface area contributed by atoms with E-state index in [1.165, 1.54) is 11.0 Å². The SMILES string of the molecule is CCN(CC(=O)Nc1c(F)cccc1F)C(=O)c1cc(C)nc2cc(Br)ccc12. The highest BCUT2D eigenvalue weighted by Gasteiger charge is 2.21. The van der Waals surface area contributed by atoms with Gasteiger partial charge in [-0.15, -0.1) is 0 Å². The van der Waals surface area contributed by atoms with Gasteiger partial charge in [-0.3, -0.25) is 14.6 Å². The molecule has 0 spiro atoms. The zero-order valence-corrected chi connectivity index (χ0v) is 17.4. The van der Waals surface area contributed by atoms with Crippen LogP contribution in [0.2, 0.25) is 0 Å². The molecule has 1 N–H and O–H groups in total. The number of para-hydroxylation sites is 1. The molecule has 3 aromatic rings. The van der Waals surface area contributed by atoms with Gasteiger partial charge in [-0.1, -0.05) is 28.1 Å². The fourth-order valence-corrected chi connectivity index (χ4v) is 3.33. The van der Waals surface area contributed by atoms with E-state index in [1.54, 1.807) is 32.0 Å². The number of anilines is 1. The molecule has 1 heterocycles. The monoisotopic (exact) mass is 461 g/mol. The van der Waals surface area contributed by atoms with Crippen molar-refractivity contribution in [2.75, 3.05) is 18.4 Å². The second-order valence-electron chi connectivity index (χ2n) is 6.44. The van der Waals surface area contributed by atoms with Gasteiger partial charge in [-0.2, -0.15) is 0 Å². The first-order valence-corrected chi connectivity index (χ1v) is 9.69. The van der Waals surface area contributed by atoms with E-state index in [4.69, 9.17) is 0 Å². The molecule has 0 aliphatic heterocycles. The summed E-state index contributed by atoms with van der Waals surface area (Å²) in [5.74, 6) is -2.82. The standard InChI is InChI=1S/C21H18BrF2N3O2/c1-3-27(11-19(28)26-20-16(23)5-4-6-17(20)24)21(29)15-9-12(2)25-18-10-13(22)7-8-14(15)18/h4-10H,3,11H2,1-2H3,(H,26,28). The number of hydrogen-bond acceptors (Lipinski definition) is 3. The first-order valence-electron chi connectivity index (χ1n) is 8.90. The van der Waals surface area contributed by atoms with Crippen molar-refractivity contribution < 1.29 is 18.4 Å². The molecule has 3 rings (SSSR count). The molecule has 2 aromatic carbocycles. The van der Waals surface area contributed by atoms with Crippen LogP contribution in [0.5, 0.6) is 0 Å². The van der Waals surface area contributed by atoms with Gasteiger partial charge in [0, 0.05) is 22.1 Å². The number of hydrogen-bond donors (Lipinski definition) is 1. The Bertz CT molecular complexity index is 1080. The lowest BCUT2D eigenvalue weighted by Gasteiger charge is -2.21. The van der Waals surface area contributed by atoms with Gasteiger partial charge >= 0.3 is 0 Å². The van der Waals surface area contributed by atoms with Crippen molar-refractivity contribution in [3.05, 3.63) is 69.8 Å². The lowest BCUT2D eigenvalue weighted by molar-refractivity contribution is -0.116. The van der Waals surface area contributed by atoms with Crippen molar-refractivity contribution in [1.82, 2.24) is 9.88 Å². The summed E-state index contributed by atoms with van der Waals surface area (Å²) in [6.07, 6.45) is 0. The van der Waals surface area contributed by atoms with E-state index < -0.39 is 23.2 Å². The zero-order valence-electron chi connectivity index (χ0n) is 15.8. The molecule has 5 nitrogen and oxygen atoms in total. The summed E-state index contributed by atoms with van der Waals surface area (Å²) >= 11 is 3.39. The van der Waals surface area contributed by atoms with Gasteiger partial charge in [0.2, 0.25) is 5.91 Å². The van der Waals surface area contributed by atoms with E-state index in [2.05, 4.69) is 26.2 Å². The average Bonchev–Trinajstić information content (AvgIpc) is 2.67. The molecule has 0 aliphatic carbocycles. The number of aromatic nitrogens is 1. The molecule has 0 atom stereocenters. The van der Waals surface area contributed by atoms with Crippen molar-refractivity contribution in [2.24, 2.45) is 0 Å². The smallest absolute Gasteiger partial charge is 0.255 e. The normalized spacial score (nSPS) is 10.8. The van der Waals surface area contributed by atoms with Crippen LogP contribution in [0.15, 0.2) is 46.9 Å². The molecule has 8 heteroatoms. The number of likely N-dealkylation sites (N-methyl/N-ethyl adjacent to an activating group) is 1. The van der Waals surface area contributed by atoms with Crippen LogP contribution >= 0.6 is 15.9 Å². The third-order valence-electron chi connectivity index (χ3n) is 4.36. The topological polar surface area (TPSA) is 62.3 Å². The van der Waals surface area contributed by atoms with Gasteiger partial charge in [0.15, 0.2) is 0 Å². The number of halogens is 3. The number of amides is 2. The third-order valence-corrected chi connectivity index (χ3v) is 4.85. The van der Waals surface area contributed by atoms with Crippen molar-refractivity contribution >= 4 is 44.3 Å². The second kappa shape index (κ2) is 8.65. The number of pyridine rings is 1. The molecule has 0 saturated heterocycles. The van der Waals surface area contributed by atoms with Crippen molar-refractivity contribution in [3.8, 4) is 0 Å². The molecule has 0 fully saturated rings. The van der Waals surface area contributed by atoms with Crippen molar-refractivity contribution in [2.45, 2.75) is 13.8 Å². The van der Waals surface area contributed by atoms with Crippen LogP contribution in [0.25, 0.3) is 10.9 Å². The highest BCUT2D eigenvalue weighted by atomic mass is 79.9. The van der Waals surface area contributed by atoms with Crippen LogP contribution in [0.4, 0.5) is 14.5 Å². The molecular weight excluding hydrogens is 444 g/mol. The molecule has 29 heavy (non-hydrogen) atoms. The molecule has 1 aromatic heterocycles. The molecule has 0 saturated carbocycles. The Morgan fingerprint density at radius 3 is 2.48 bits per heavy atom. The largest absolute Gasteiger partial charge is 0.330 e. The van der Waals surface area contributed by atoms with Gasteiger partial charge in [-0.05, 0) is 44.2 Å². The predicted octanol–water partition coefficient (Wildman–Crippen LogP) is 4.68. The van der Waals surface area contributed by atoms with E-state index in [0.717, 1.165) is 16.6 Å². The highest BCUT2D eigenvalue weighted by molar-refractivity contribution is 9.10. The average molecular weight is 462 g/mol. The molecule has 0 radical (unpaired) electrons. The minimum absolute atomic E-state index is 0.241. The van der Waals surface area contributed by atoms with Crippen LogP contribution in [0.3, 0.4) is 0 Å². The minimum Gasteiger partial charge on any atom is -0.330 e. The minimum atomic E-state index is -0.881. The number of rotatable bonds is 5. The Morgan fingerprint density at radius 1 is 1.14 bits per heavy atom. The maximum atomic E-state index is 13.8. The summed E-state index contributed by atoms with van der Waals surface area (Å²) in [7, 11) is 0. The Hall–Kier alpha value is -2.87. The van der Waals surface area contributed by atoms with Crippen LogP contribution in [0, 0.1) is 18.6 Å². The lowest BCUT2D eigenvalue weighted by Crippen LogP contribution is -2.38. The van der Waals surface area contributed by atoms with Crippen LogP contribution in [-0.2, 0) is 4.79 Å². The van der Waals surface area contributed by atoms with Gasteiger partial charge in [0.05, 0.1) is 11.1 Å². The van der Waals surface area contributed by atoms with E-state index >= 15 is 0 Å². The van der Waals surface area contributed by atoms with Crippen LogP contribution < -0.4 is 5.32 Å². The number of carbonyl (C=O) groups is 2. The Kier molecular flexibility index (Phi) is 6.22. The van der Waals surface area contributed by atoms with E-state index in [-0.39, 0.29) is 19.0 Å².